The van der Waals surface area contributed by atoms with Crippen molar-refractivity contribution in [1.29, 1.82) is 0 Å². The van der Waals surface area contributed by atoms with E-state index in [-0.39, 0.29) is 10.6 Å². The van der Waals surface area contributed by atoms with Crippen molar-refractivity contribution >= 4 is 67.0 Å². The second-order valence-electron chi connectivity index (χ2n) is 7.88. The molecule has 0 aliphatic heterocycles. The fourth-order valence-corrected chi connectivity index (χ4v) is 3.55. The highest BCUT2D eigenvalue weighted by Gasteiger charge is 2.09. The standard InChI is InChI=1S/C24H22N10O3S/c25-14-2-1-3-16(10-14)30-33-23-13-24(21(28)12-20(23)27)34-31-17-6-9-19(26)22(11-17)32-29-15-4-7-18(8-5-15)38(35,36)37/h1-13H,25-28H2,(H,35,36,37). The van der Waals surface area contributed by atoms with Crippen LogP contribution in [0.1, 0.15) is 0 Å². The van der Waals surface area contributed by atoms with E-state index in [1.54, 1.807) is 48.5 Å². The van der Waals surface area contributed by atoms with Crippen LogP contribution in [0.25, 0.3) is 0 Å². The Hall–Kier alpha value is -5.21. The summed E-state index contributed by atoms with van der Waals surface area (Å²) in [4.78, 5) is -0.255. The molecule has 0 fully saturated rings. The van der Waals surface area contributed by atoms with Crippen molar-refractivity contribution < 1.29 is 13.0 Å². The van der Waals surface area contributed by atoms with Crippen LogP contribution in [0, 0.1) is 0 Å². The number of hydrogen-bond donors (Lipinski definition) is 5. The van der Waals surface area contributed by atoms with Crippen LogP contribution in [0.3, 0.4) is 0 Å². The molecular formula is C24H22N10O3S. The molecule has 9 N–H and O–H groups in total. The Labute approximate surface area is 217 Å². The topological polar surface area (TPSA) is 233 Å². The second-order valence-corrected chi connectivity index (χ2v) is 9.30. The number of benzene rings is 4. The molecule has 38 heavy (non-hydrogen) atoms. The smallest absolute Gasteiger partial charge is 0.294 e. The van der Waals surface area contributed by atoms with Gasteiger partial charge in [0.05, 0.1) is 39.0 Å². The van der Waals surface area contributed by atoms with E-state index in [4.69, 9.17) is 27.5 Å². The first-order chi connectivity index (χ1) is 18.1. The van der Waals surface area contributed by atoms with Gasteiger partial charge in [0.1, 0.15) is 17.1 Å². The van der Waals surface area contributed by atoms with Crippen LogP contribution in [0.5, 0.6) is 0 Å². The molecule has 0 aliphatic rings. The number of nitrogens with zero attached hydrogens (tertiary/aromatic N) is 6. The van der Waals surface area contributed by atoms with Gasteiger partial charge in [-0.1, -0.05) is 6.07 Å². The van der Waals surface area contributed by atoms with Crippen molar-refractivity contribution in [2.45, 2.75) is 4.90 Å². The first kappa shape index (κ1) is 25.9. The zero-order valence-electron chi connectivity index (χ0n) is 19.7. The van der Waals surface area contributed by atoms with Gasteiger partial charge in [-0.3, -0.25) is 4.55 Å². The fraction of sp³-hybridized carbons (Fsp3) is 0. The summed E-state index contributed by atoms with van der Waals surface area (Å²) in [6.07, 6.45) is 0. The highest BCUT2D eigenvalue weighted by atomic mass is 32.2. The summed E-state index contributed by atoms with van der Waals surface area (Å²) in [7, 11) is -4.30. The Bertz CT molecular complexity index is 1680. The molecule has 0 heterocycles. The van der Waals surface area contributed by atoms with E-state index in [0.29, 0.717) is 51.2 Å². The number of azo groups is 3. The average molecular weight is 531 g/mol. The summed E-state index contributed by atoms with van der Waals surface area (Å²) < 4.78 is 31.4. The molecule has 0 aromatic heterocycles. The van der Waals surface area contributed by atoms with Gasteiger partial charge in [0.2, 0.25) is 0 Å². The third kappa shape index (κ3) is 6.51. The van der Waals surface area contributed by atoms with Gasteiger partial charge in [0, 0.05) is 5.69 Å². The Balaban J connectivity index is 1.55. The molecule has 0 saturated heterocycles. The summed E-state index contributed by atoms with van der Waals surface area (Å²) >= 11 is 0. The molecular weight excluding hydrogens is 508 g/mol. The zero-order chi connectivity index (χ0) is 27.3. The van der Waals surface area contributed by atoms with Crippen LogP contribution < -0.4 is 22.9 Å². The van der Waals surface area contributed by atoms with Crippen molar-refractivity contribution in [1.82, 2.24) is 0 Å². The predicted molar refractivity (Wildman–Crippen MR) is 146 cm³/mol. The van der Waals surface area contributed by atoms with Gasteiger partial charge >= 0.3 is 0 Å². The Morgan fingerprint density at radius 2 is 1.05 bits per heavy atom. The van der Waals surface area contributed by atoms with Crippen LogP contribution in [-0.2, 0) is 10.1 Å². The maximum Gasteiger partial charge on any atom is 0.294 e. The first-order valence-corrected chi connectivity index (χ1v) is 12.3. The van der Waals surface area contributed by atoms with Gasteiger partial charge in [-0.2, -0.15) is 23.8 Å². The van der Waals surface area contributed by atoms with Crippen LogP contribution in [0.2, 0.25) is 0 Å². The van der Waals surface area contributed by atoms with Gasteiger partial charge < -0.3 is 22.9 Å². The van der Waals surface area contributed by atoms with E-state index < -0.39 is 10.1 Å². The lowest BCUT2D eigenvalue weighted by atomic mass is 10.2. The van der Waals surface area contributed by atoms with Crippen LogP contribution in [-0.4, -0.2) is 13.0 Å². The molecule has 0 radical (unpaired) electrons. The fourth-order valence-electron chi connectivity index (χ4n) is 3.07. The predicted octanol–water partition coefficient (Wildman–Crippen LogP) is 6.51. The third-order valence-electron chi connectivity index (χ3n) is 5.01. The number of anilines is 4. The molecule has 0 aliphatic carbocycles. The highest BCUT2D eigenvalue weighted by molar-refractivity contribution is 7.85. The minimum absolute atomic E-state index is 0.255. The van der Waals surface area contributed by atoms with Crippen molar-refractivity contribution in [3.05, 3.63) is 78.9 Å². The molecule has 192 valence electrons. The molecule has 0 atom stereocenters. The maximum atomic E-state index is 11.2. The summed E-state index contributed by atoms with van der Waals surface area (Å²) in [5, 5.41) is 24.8. The molecule has 4 aromatic carbocycles. The third-order valence-corrected chi connectivity index (χ3v) is 5.88. The molecule has 13 nitrogen and oxygen atoms in total. The number of nitrogens with two attached hydrogens (primary N) is 4. The maximum absolute atomic E-state index is 11.2. The van der Waals surface area contributed by atoms with E-state index >= 15 is 0 Å². The summed E-state index contributed by atoms with van der Waals surface area (Å²) in [5.41, 5.74) is 27.6. The van der Waals surface area contributed by atoms with Gasteiger partial charge in [-0.15, -0.1) is 15.3 Å². The normalized spacial score (nSPS) is 12.1. The van der Waals surface area contributed by atoms with E-state index in [9.17, 15) is 8.42 Å². The molecule has 0 spiro atoms. The second kappa shape index (κ2) is 10.8. The average Bonchev–Trinajstić information content (AvgIpc) is 2.87. The molecule has 4 rings (SSSR count). The molecule has 0 unspecified atom stereocenters. The first-order valence-electron chi connectivity index (χ1n) is 10.9. The molecule has 4 aromatic rings. The minimum atomic E-state index is -4.30. The van der Waals surface area contributed by atoms with Gasteiger partial charge in [0.15, 0.2) is 0 Å². The van der Waals surface area contributed by atoms with Crippen LogP contribution in [0.15, 0.2) is 114 Å². The lowest BCUT2D eigenvalue weighted by molar-refractivity contribution is 0.483. The number of rotatable bonds is 7. The van der Waals surface area contributed by atoms with E-state index in [0.717, 1.165) is 0 Å². The summed E-state index contributed by atoms with van der Waals surface area (Å²) in [6, 6.07) is 19.9. The summed E-state index contributed by atoms with van der Waals surface area (Å²) in [6.45, 7) is 0. The van der Waals surface area contributed by atoms with Crippen molar-refractivity contribution in [2.75, 3.05) is 22.9 Å². The lowest BCUT2D eigenvalue weighted by Crippen LogP contribution is -1.96. The summed E-state index contributed by atoms with van der Waals surface area (Å²) in [5.74, 6) is 0. The van der Waals surface area contributed by atoms with Crippen molar-refractivity contribution in [3.8, 4) is 0 Å². The van der Waals surface area contributed by atoms with Crippen LogP contribution >= 0.6 is 0 Å². The molecule has 0 bridgehead atoms. The van der Waals surface area contributed by atoms with Gasteiger partial charge in [-0.25, -0.2) is 0 Å². The Morgan fingerprint density at radius 3 is 1.63 bits per heavy atom. The van der Waals surface area contributed by atoms with Gasteiger partial charge in [0.25, 0.3) is 10.1 Å². The van der Waals surface area contributed by atoms with E-state index in [1.807, 2.05) is 0 Å². The van der Waals surface area contributed by atoms with E-state index in [2.05, 4.69) is 30.7 Å². The molecule has 0 amide bonds. The molecule has 0 saturated carbocycles. The quantitative estimate of drug-likeness (QED) is 0.101. The zero-order valence-corrected chi connectivity index (χ0v) is 20.5. The minimum Gasteiger partial charge on any atom is -0.399 e. The SMILES string of the molecule is Nc1cccc(N=Nc2cc(N=Nc3ccc(N)c(N=Nc4ccc(S(=O)(=O)O)cc4)c3)c(N)cc2N)c1. The van der Waals surface area contributed by atoms with Crippen molar-refractivity contribution in [3.63, 3.8) is 0 Å². The number of nitrogen functional groups attached to an aromatic ring is 4. The van der Waals surface area contributed by atoms with E-state index in [1.165, 1.54) is 30.3 Å². The Morgan fingerprint density at radius 1 is 0.526 bits per heavy atom. The number of hydrogen-bond acceptors (Lipinski definition) is 12. The highest BCUT2D eigenvalue weighted by Crippen LogP contribution is 2.36. The monoisotopic (exact) mass is 530 g/mol. The lowest BCUT2D eigenvalue weighted by Gasteiger charge is -2.05. The molecule has 14 heteroatoms. The van der Waals surface area contributed by atoms with Gasteiger partial charge in [-0.05, 0) is 72.8 Å². The van der Waals surface area contributed by atoms with Crippen molar-refractivity contribution in [2.24, 2.45) is 30.7 Å². The van der Waals surface area contributed by atoms with Crippen LogP contribution in [0.4, 0.5) is 56.9 Å². The Kier molecular flexibility index (Phi) is 7.36. The largest absolute Gasteiger partial charge is 0.399 e.